The zero-order chi connectivity index (χ0) is 9.02. The van der Waals surface area contributed by atoms with Crippen LogP contribution in [0.1, 0.15) is 27.7 Å². The summed E-state index contributed by atoms with van der Waals surface area (Å²) in [6.45, 7) is 6.84. The van der Waals surface area contributed by atoms with Gasteiger partial charge in [0.1, 0.15) is 6.10 Å². The molecule has 64 valence electrons. The Morgan fingerprint density at radius 1 is 1.45 bits per heavy atom. The summed E-state index contributed by atoms with van der Waals surface area (Å²) < 4.78 is 5.49. The zero-order valence-corrected chi connectivity index (χ0v) is 7.34. The second-order valence-corrected chi connectivity index (χ2v) is 2.72. The average Bonchev–Trinajstić information content (AvgIpc) is 1.84. The Labute approximate surface area is 66.6 Å². The van der Waals surface area contributed by atoms with Crippen molar-refractivity contribution in [1.82, 2.24) is 0 Å². The highest BCUT2D eigenvalue weighted by Crippen LogP contribution is 1.93. The minimum Gasteiger partial charge on any atom is -0.443 e. The molecule has 0 fully saturated rings. The largest absolute Gasteiger partial charge is 0.591 e. The van der Waals surface area contributed by atoms with E-state index in [2.05, 4.69) is 0 Å². The van der Waals surface area contributed by atoms with Crippen molar-refractivity contribution in [3.05, 3.63) is 5.84 Å². The normalized spacial score (nSPS) is 9.55. The number of hydrogen-bond donors (Lipinski definition) is 0. The predicted octanol–water partition coefficient (Wildman–Crippen LogP) is 1.99. The molecule has 0 bridgehead atoms. The second-order valence-electron chi connectivity index (χ2n) is 2.72. The highest BCUT2D eigenvalue weighted by Gasteiger charge is 2.13. The lowest BCUT2D eigenvalue weighted by atomic mass is 10.5. The first-order valence-corrected chi connectivity index (χ1v) is 3.47. The van der Waals surface area contributed by atoms with E-state index in [9.17, 15) is 4.79 Å². The third-order valence-corrected chi connectivity index (χ3v) is 0.966. The van der Waals surface area contributed by atoms with Gasteiger partial charge >= 0.3 is 6.09 Å². The topological polar surface area (TPSA) is 53.1 Å². The maximum absolute atomic E-state index is 10.9. The molecule has 4 heteroatoms. The van der Waals surface area contributed by atoms with Gasteiger partial charge in [-0.1, -0.05) is 0 Å². The van der Waals surface area contributed by atoms with Crippen LogP contribution in [0.25, 0.3) is 5.84 Å². The summed E-state index contributed by atoms with van der Waals surface area (Å²) in [7, 11) is 0. The van der Waals surface area contributed by atoms with Crippen LogP contribution in [0.3, 0.4) is 0 Å². The molecule has 1 amide bonds. The summed E-state index contributed by atoms with van der Waals surface area (Å²) in [6, 6.07) is 0. The summed E-state index contributed by atoms with van der Waals surface area (Å²) in [5.74, 6) is 7.15. The number of ether oxygens (including phenoxy) is 1. The molecule has 0 aliphatic rings. The van der Waals surface area contributed by atoms with Crippen LogP contribution in [-0.2, 0) is 4.74 Å². The monoisotopic (exact) mass is 158 g/mol. The Kier molecular flexibility index (Phi) is 3.57. The van der Waals surface area contributed by atoms with Crippen LogP contribution in [0.2, 0.25) is 0 Å². The Hall–Kier alpha value is -1.06. The molecule has 0 unspecified atom stereocenters. The molecule has 0 atom stereocenters. The van der Waals surface area contributed by atoms with Gasteiger partial charge in [-0.05, 0) is 13.8 Å². The molecule has 11 heavy (non-hydrogen) atoms. The molecule has 0 aromatic rings. The van der Waals surface area contributed by atoms with Crippen molar-refractivity contribution in [3.8, 4) is 0 Å². The zero-order valence-electron chi connectivity index (χ0n) is 7.34. The molecular weight excluding hydrogens is 144 g/mol. The molecule has 0 heterocycles. The first-order chi connectivity index (χ1) is 4.95. The molecule has 4 nitrogen and oxygen atoms in total. The van der Waals surface area contributed by atoms with E-state index in [0.29, 0.717) is 5.71 Å². The maximum atomic E-state index is 10.9. The number of nitrogens with one attached hydrogen (secondary N) is 1. The van der Waals surface area contributed by atoms with Crippen molar-refractivity contribution < 1.29 is 14.2 Å². The van der Waals surface area contributed by atoms with Crippen LogP contribution >= 0.6 is 0 Å². The van der Waals surface area contributed by atoms with Crippen molar-refractivity contribution in [3.63, 3.8) is 0 Å². The first kappa shape index (κ1) is 9.94. The van der Waals surface area contributed by atoms with Crippen LogP contribution in [-0.4, -0.2) is 22.6 Å². The minimum atomic E-state index is -0.625. The van der Waals surface area contributed by atoms with E-state index in [1.54, 1.807) is 27.7 Å². The lowest BCUT2D eigenvalue weighted by Crippen LogP contribution is -2.22. The summed E-state index contributed by atoms with van der Waals surface area (Å²) in [6.07, 6.45) is -0.797. The van der Waals surface area contributed by atoms with Crippen LogP contribution in [0.4, 0.5) is 4.79 Å². The van der Waals surface area contributed by atoms with Gasteiger partial charge in [0.25, 0.3) is 0 Å². The Morgan fingerprint density at radius 2 is 1.91 bits per heavy atom. The fraction of sp³-hybridized carbons (Fsp3) is 0.714. The van der Waals surface area contributed by atoms with Gasteiger partial charge < -0.3 is 10.6 Å². The number of hydrogen-bond acceptors (Lipinski definition) is 2. The molecule has 0 aromatic heterocycles. The lowest BCUT2D eigenvalue weighted by molar-refractivity contribution is -0.377. The van der Waals surface area contributed by atoms with Gasteiger partial charge in [0, 0.05) is 13.8 Å². The molecule has 0 aliphatic carbocycles. The minimum absolute atomic E-state index is 0.172. The van der Waals surface area contributed by atoms with E-state index in [1.807, 2.05) is 0 Å². The molecule has 0 spiro atoms. The fourth-order valence-corrected chi connectivity index (χ4v) is 0.437. The van der Waals surface area contributed by atoms with Crippen LogP contribution in [0.5, 0.6) is 0 Å². The second kappa shape index (κ2) is 3.95. The molecule has 0 saturated heterocycles. The first-order valence-electron chi connectivity index (χ1n) is 3.47. The summed E-state index contributed by atoms with van der Waals surface area (Å²) in [4.78, 5) is 10.9. The van der Waals surface area contributed by atoms with Gasteiger partial charge in [0.15, 0.2) is 5.71 Å². The predicted molar refractivity (Wildman–Crippen MR) is 42.6 cm³/mol. The van der Waals surface area contributed by atoms with Crippen LogP contribution < -0.4 is 0 Å². The highest BCUT2D eigenvalue weighted by atomic mass is 16.6. The molecule has 0 rings (SSSR count). The van der Waals surface area contributed by atoms with Crippen LogP contribution in [0.15, 0.2) is 0 Å². The van der Waals surface area contributed by atoms with Crippen molar-refractivity contribution in [2.45, 2.75) is 33.8 Å². The van der Waals surface area contributed by atoms with Crippen molar-refractivity contribution in [1.29, 1.82) is 0 Å². The third-order valence-electron chi connectivity index (χ3n) is 0.966. The molecule has 0 aromatic carbocycles. The lowest BCUT2D eigenvalue weighted by Gasteiger charge is -2.06. The van der Waals surface area contributed by atoms with Gasteiger partial charge in [-0.15, -0.1) is 0 Å². The van der Waals surface area contributed by atoms with Crippen molar-refractivity contribution in [2.75, 3.05) is 0 Å². The maximum Gasteiger partial charge on any atom is 0.591 e. The summed E-state index contributed by atoms with van der Waals surface area (Å²) in [5, 5.41) is 0. The van der Waals surface area contributed by atoms with E-state index in [4.69, 9.17) is 10.6 Å². The number of nitrogens with zero attached hydrogens (tertiary/aromatic N) is 1. The summed E-state index contributed by atoms with van der Waals surface area (Å²) in [5.41, 5.74) is 0.593. The smallest absolute Gasteiger partial charge is 0.443 e. The molecule has 0 saturated carbocycles. The Morgan fingerprint density at radius 3 is 2.18 bits per heavy atom. The Balaban J connectivity index is 4.17. The third kappa shape index (κ3) is 3.60. The van der Waals surface area contributed by atoms with Gasteiger partial charge in [-0.3, -0.25) is 0 Å². The summed E-state index contributed by atoms with van der Waals surface area (Å²) >= 11 is 0. The van der Waals surface area contributed by atoms with Gasteiger partial charge in [0.05, 0.1) is 0 Å². The van der Waals surface area contributed by atoms with Gasteiger partial charge in [-0.2, -0.15) is 9.48 Å². The molecule has 1 N–H and O–H groups in total. The van der Waals surface area contributed by atoms with E-state index in [0.717, 1.165) is 4.68 Å². The van der Waals surface area contributed by atoms with Gasteiger partial charge in [-0.25, -0.2) is 0 Å². The van der Waals surface area contributed by atoms with Crippen LogP contribution in [0, 0.1) is 0 Å². The highest BCUT2D eigenvalue weighted by molar-refractivity contribution is 5.79. The quantitative estimate of drug-likeness (QED) is 0.333. The number of carbonyl (C=O) groups excluding carboxylic acids is 1. The Bertz CT molecular complexity index is 181. The average molecular weight is 158 g/mol. The number of carbonyl (C=O) groups is 1. The standard InChI is InChI=1S/C7H14N2O2/c1-5(2)9(8)7(10)11-6(3)4/h6,8H,1-4H3. The number of amides is 1. The SMILES string of the molecule is CC(C)=[N+]([NH-])C(=O)OC(C)C. The fourth-order valence-electron chi connectivity index (χ4n) is 0.437. The molecular formula is C7H14N2O2. The van der Waals surface area contributed by atoms with E-state index < -0.39 is 6.09 Å². The van der Waals surface area contributed by atoms with E-state index in [1.165, 1.54) is 0 Å². The number of rotatable bonds is 1. The molecule has 0 aliphatic heterocycles. The molecule has 0 radical (unpaired) electrons. The van der Waals surface area contributed by atoms with Crippen molar-refractivity contribution >= 4 is 11.8 Å². The van der Waals surface area contributed by atoms with E-state index >= 15 is 0 Å². The van der Waals surface area contributed by atoms with E-state index in [-0.39, 0.29) is 6.10 Å². The van der Waals surface area contributed by atoms with Crippen molar-refractivity contribution in [2.24, 2.45) is 0 Å². The van der Waals surface area contributed by atoms with Gasteiger partial charge in [0.2, 0.25) is 0 Å².